The number of rotatable bonds is 4. The number of ether oxygens (including phenoxy) is 5. The standard InChI is InChI=1S/C23H23NO6/c1-26-18-8-13(9-19(27-2)22(18)28-3)20-14-7-12-5-4-6-29-17(12)10-15(14)24-16-11-30-23(25)21(16)20/h7-10,20,24H,4-6,11H2,1-3H3. The number of hydrogen-bond acceptors (Lipinski definition) is 7. The Hall–Kier alpha value is -3.35. The van der Waals surface area contributed by atoms with Crippen LogP contribution in [-0.4, -0.2) is 40.5 Å². The first-order chi connectivity index (χ1) is 14.6. The van der Waals surface area contributed by atoms with Crippen LogP contribution in [0.15, 0.2) is 35.5 Å². The van der Waals surface area contributed by atoms with Crippen LogP contribution >= 0.6 is 0 Å². The zero-order valence-corrected chi connectivity index (χ0v) is 17.2. The van der Waals surface area contributed by atoms with E-state index in [1.54, 1.807) is 21.3 Å². The first kappa shape index (κ1) is 18.7. The molecular weight excluding hydrogens is 386 g/mol. The molecule has 5 rings (SSSR count). The van der Waals surface area contributed by atoms with Crippen LogP contribution < -0.4 is 24.3 Å². The summed E-state index contributed by atoms with van der Waals surface area (Å²) < 4.78 is 27.8. The fourth-order valence-corrected chi connectivity index (χ4v) is 4.51. The molecule has 2 aromatic carbocycles. The maximum Gasteiger partial charge on any atom is 0.337 e. The van der Waals surface area contributed by atoms with Crippen molar-refractivity contribution < 1.29 is 28.5 Å². The van der Waals surface area contributed by atoms with E-state index >= 15 is 0 Å². The summed E-state index contributed by atoms with van der Waals surface area (Å²) in [5, 5.41) is 3.39. The van der Waals surface area contributed by atoms with Crippen molar-refractivity contribution in [1.29, 1.82) is 0 Å². The third kappa shape index (κ3) is 2.76. The van der Waals surface area contributed by atoms with Gasteiger partial charge in [0.05, 0.1) is 39.2 Å². The highest BCUT2D eigenvalue weighted by Crippen LogP contribution is 2.49. The van der Waals surface area contributed by atoms with Gasteiger partial charge in [0.1, 0.15) is 12.4 Å². The van der Waals surface area contributed by atoms with E-state index in [0.717, 1.165) is 53.3 Å². The summed E-state index contributed by atoms with van der Waals surface area (Å²) in [4.78, 5) is 12.7. The van der Waals surface area contributed by atoms with Crippen LogP contribution in [0.25, 0.3) is 0 Å². The van der Waals surface area contributed by atoms with Gasteiger partial charge < -0.3 is 29.0 Å². The van der Waals surface area contributed by atoms with Crippen molar-refractivity contribution in [2.45, 2.75) is 18.8 Å². The molecule has 2 aromatic rings. The second-order valence-corrected chi connectivity index (χ2v) is 7.48. The van der Waals surface area contributed by atoms with Crippen molar-refractivity contribution in [2.24, 2.45) is 0 Å². The minimum Gasteiger partial charge on any atom is -0.493 e. The average Bonchev–Trinajstić information content (AvgIpc) is 3.15. The monoisotopic (exact) mass is 409 g/mol. The van der Waals surface area contributed by atoms with Crippen molar-refractivity contribution in [3.8, 4) is 23.0 Å². The Morgan fingerprint density at radius 2 is 1.77 bits per heavy atom. The summed E-state index contributed by atoms with van der Waals surface area (Å²) in [5.41, 5.74) is 5.35. The van der Waals surface area contributed by atoms with Gasteiger partial charge in [-0.15, -0.1) is 0 Å². The minimum atomic E-state index is -0.313. The molecule has 0 amide bonds. The zero-order chi connectivity index (χ0) is 20.8. The van der Waals surface area contributed by atoms with Gasteiger partial charge >= 0.3 is 5.97 Å². The number of hydrogen-bond donors (Lipinski definition) is 1. The Morgan fingerprint density at radius 3 is 2.47 bits per heavy atom. The molecule has 1 atom stereocenters. The normalized spacial score (nSPS) is 19.0. The quantitative estimate of drug-likeness (QED) is 0.776. The number of esters is 1. The van der Waals surface area contributed by atoms with Crippen LogP contribution in [0.4, 0.5) is 5.69 Å². The predicted molar refractivity (Wildman–Crippen MR) is 110 cm³/mol. The van der Waals surface area contributed by atoms with E-state index in [1.807, 2.05) is 18.2 Å². The molecular formula is C23H23NO6. The molecule has 1 unspecified atom stereocenters. The number of cyclic esters (lactones) is 1. The van der Waals surface area contributed by atoms with Crippen LogP contribution in [0.3, 0.4) is 0 Å². The highest BCUT2D eigenvalue weighted by molar-refractivity contribution is 5.97. The molecule has 0 radical (unpaired) electrons. The van der Waals surface area contributed by atoms with Gasteiger partial charge in [-0.05, 0) is 47.7 Å². The van der Waals surface area contributed by atoms with Crippen LogP contribution in [0.2, 0.25) is 0 Å². The molecule has 30 heavy (non-hydrogen) atoms. The Morgan fingerprint density at radius 1 is 1.00 bits per heavy atom. The Bertz CT molecular complexity index is 1050. The molecule has 0 saturated heterocycles. The van der Waals surface area contributed by atoms with Gasteiger partial charge in [-0.25, -0.2) is 4.79 Å². The van der Waals surface area contributed by atoms with Gasteiger partial charge in [0.2, 0.25) is 5.75 Å². The average molecular weight is 409 g/mol. The number of aryl methyl sites for hydroxylation is 1. The van der Waals surface area contributed by atoms with Gasteiger partial charge in [0, 0.05) is 17.7 Å². The summed E-state index contributed by atoms with van der Waals surface area (Å²) in [6.07, 6.45) is 1.92. The topological polar surface area (TPSA) is 75.3 Å². The van der Waals surface area contributed by atoms with Gasteiger partial charge in [0.15, 0.2) is 11.5 Å². The number of benzene rings is 2. The first-order valence-corrected chi connectivity index (χ1v) is 9.91. The number of carbonyl (C=O) groups is 1. The number of carbonyl (C=O) groups excluding carboxylic acids is 1. The maximum atomic E-state index is 12.7. The lowest BCUT2D eigenvalue weighted by Crippen LogP contribution is -2.21. The zero-order valence-electron chi connectivity index (χ0n) is 17.2. The number of methoxy groups -OCH3 is 3. The van der Waals surface area contributed by atoms with Crippen molar-refractivity contribution in [3.05, 3.63) is 52.2 Å². The molecule has 7 nitrogen and oxygen atoms in total. The molecule has 0 aromatic heterocycles. The van der Waals surface area contributed by atoms with E-state index in [1.165, 1.54) is 0 Å². The van der Waals surface area contributed by atoms with Gasteiger partial charge in [0.25, 0.3) is 0 Å². The fourth-order valence-electron chi connectivity index (χ4n) is 4.51. The van der Waals surface area contributed by atoms with Crippen molar-refractivity contribution in [1.82, 2.24) is 0 Å². The molecule has 0 fully saturated rings. The predicted octanol–water partition coefficient (Wildman–Crippen LogP) is 3.41. The summed E-state index contributed by atoms with van der Waals surface area (Å²) in [7, 11) is 4.74. The lowest BCUT2D eigenvalue weighted by atomic mass is 9.80. The van der Waals surface area contributed by atoms with Crippen LogP contribution in [0, 0.1) is 0 Å². The number of nitrogens with one attached hydrogen (secondary N) is 1. The van der Waals surface area contributed by atoms with Gasteiger partial charge in [-0.3, -0.25) is 0 Å². The highest BCUT2D eigenvalue weighted by Gasteiger charge is 2.39. The third-order valence-corrected chi connectivity index (χ3v) is 5.88. The van der Waals surface area contributed by atoms with E-state index in [9.17, 15) is 4.79 Å². The summed E-state index contributed by atoms with van der Waals surface area (Å²) in [5.74, 6) is 1.87. The van der Waals surface area contributed by atoms with Gasteiger partial charge in [-0.1, -0.05) is 0 Å². The van der Waals surface area contributed by atoms with Crippen molar-refractivity contribution in [3.63, 3.8) is 0 Å². The SMILES string of the molecule is COc1cc(C2C3=C(COC3=O)Nc3cc4c(cc32)CCCO4)cc(OC)c1OC. The molecule has 1 N–H and O–H groups in total. The third-order valence-electron chi connectivity index (χ3n) is 5.88. The molecule has 0 bridgehead atoms. The molecule has 3 heterocycles. The number of fused-ring (bicyclic) bond motifs is 2. The molecule has 7 heteroatoms. The maximum absolute atomic E-state index is 12.7. The molecule has 156 valence electrons. The molecule has 0 spiro atoms. The first-order valence-electron chi connectivity index (χ1n) is 9.91. The molecule has 0 saturated carbocycles. The Balaban J connectivity index is 1.73. The molecule has 3 aliphatic heterocycles. The van der Waals surface area contributed by atoms with Gasteiger partial charge in [-0.2, -0.15) is 0 Å². The minimum absolute atomic E-state index is 0.229. The summed E-state index contributed by atoms with van der Waals surface area (Å²) in [6, 6.07) is 7.96. The Labute approximate surface area is 174 Å². The van der Waals surface area contributed by atoms with E-state index in [2.05, 4.69) is 11.4 Å². The van der Waals surface area contributed by atoms with Crippen LogP contribution in [-0.2, 0) is 16.0 Å². The Kier molecular flexibility index (Phi) is 4.46. The van der Waals surface area contributed by atoms with E-state index in [0.29, 0.717) is 22.8 Å². The molecule has 3 aliphatic rings. The second-order valence-electron chi connectivity index (χ2n) is 7.48. The van der Waals surface area contributed by atoms with Crippen molar-refractivity contribution in [2.75, 3.05) is 39.9 Å². The second kappa shape index (κ2) is 7.16. The van der Waals surface area contributed by atoms with E-state index < -0.39 is 0 Å². The summed E-state index contributed by atoms with van der Waals surface area (Å²) >= 11 is 0. The largest absolute Gasteiger partial charge is 0.493 e. The highest BCUT2D eigenvalue weighted by atomic mass is 16.5. The lowest BCUT2D eigenvalue weighted by Gasteiger charge is -2.30. The molecule has 0 aliphatic carbocycles. The van der Waals surface area contributed by atoms with Crippen LogP contribution in [0.5, 0.6) is 23.0 Å². The van der Waals surface area contributed by atoms with E-state index in [4.69, 9.17) is 23.7 Å². The van der Waals surface area contributed by atoms with Crippen molar-refractivity contribution >= 4 is 11.7 Å². The smallest absolute Gasteiger partial charge is 0.337 e. The lowest BCUT2D eigenvalue weighted by molar-refractivity contribution is -0.136. The van der Waals surface area contributed by atoms with E-state index in [-0.39, 0.29) is 18.5 Å². The number of anilines is 1. The van der Waals surface area contributed by atoms with Crippen LogP contribution in [0.1, 0.15) is 29.0 Å². The summed E-state index contributed by atoms with van der Waals surface area (Å²) in [6.45, 7) is 0.949. The fraction of sp³-hybridized carbons (Fsp3) is 0.348.